The Morgan fingerprint density at radius 2 is 2.00 bits per heavy atom. The topological polar surface area (TPSA) is 34.0 Å². The van der Waals surface area contributed by atoms with E-state index in [4.69, 9.17) is 4.98 Å². The Hall–Kier alpha value is -2.36. The summed E-state index contributed by atoms with van der Waals surface area (Å²) in [5, 5.41) is 1.20. The van der Waals surface area contributed by atoms with Gasteiger partial charge in [0.25, 0.3) is 0 Å². The number of aryl methyl sites for hydroxylation is 1. The van der Waals surface area contributed by atoms with Crippen molar-refractivity contribution in [2.24, 2.45) is 5.92 Å². The third kappa shape index (κ3) is 2.27. The molecule has 0 spiro atoms. The maximum absolute atomic E-state index is 4.75. The van der Waals surface area contributed by atoms with Crippen LogP contribution in [-0.2, 0) is 6.54 Å². The summed E-state index contributed by atoms with van der Waals surface area (Å²) < 4.78 is 2.23. The maximum Gasteiger partial charge on any atom is 0.129 e. The molecule has 0 bridgehead atoms. The summed E-state index contributed by atoms with van der Waals surface area (Å²) in [4.78, 5) is 11.4. The minimum Gasteiger partial charge on any atom is -0.356 e. The van der Waals surface area contributed by atoms with Crippen molar-refractivity contribution in [3.8, 4) is 0 Å². The largest absolute Gasteiger partial charge is 0.356 e. The van der Waals surface area contributed by atoms with Gasteiger partial charge in [-0.25, -0.2) is 9.97 Å². The van der Waals surface area contributed by atoms with Crippen molar-refractivity contribution in [2.75, 3.05) is 18.0 Å². The Morgan fingerprint density at radius 3 is 2.81 bits per heavy atom. The van der Waals surface area contributed by atoms with E-state index in [2.05, 4.69) is 57.9 Å². The standard InChI is InChI=1S/C17H18N4/c1-13-18-8-9-20(13)10-14-11-21(12-14)17-7-6-15-4-2-3-5-16(15)19-17/h2-9,14H,10-12H2,1H3. The van der Waals surface area contributed by atoms with E-state index >= 15 is 0 Å². The van der Waals surface area contributed by atoms with Gasteiger partial charge in [-0.3, -0.25) is 0 Å². The van der Waals surface area contributed by atoms with Crippen LogP contribution in [0.2, 0.25) is 0 Å². The van der Waals surface area contributed by atoms with Crippen molar-refractivity contribution in [1.82, 2.24) is 14.5 Å². The number of hydrogen-bond donors (Lipinski definition) is 0. The number of para-hydroxylation sites is 1. The average Bonchev–Trinajstić information content (AvgIpc) is 2.87. The van der Waals surface area contributed by atoms with Crippen LogP contribution in [0.1, 0.15) is 5.82 Å². The van der Waals surface area contributed by atoms with Crippen LogP contribution in [0.3, 0.4) is 0 Å². The molecule has 1 aliphatic rings. The molecule has 1 fully saturated rings. The zero-order valence-corrected chi connectivity index (χ0v) is 12.1. The first-order valence-corrected chi connectivity index (χ1v) is 7.38. The molecule has 106 valence electrons. The molecule has 4 nitrogen and oxygen atoms in total. The normalized spacial score (nSPS) is 15.4. The molecule has 0 aliphatic carbocycles. The van der Waals surface area contributed by atoms with Crippen LogP contribution < -0.4 is 4.90 Å². The number of aromatic nitrogens is 3. The molecule has 3 aromatic rings. The monoisotopic (exact) mass is 278 g/mol. The van der Waals surface area contributed by atoms with Crippen molar-refractivity contribution in [3.05, 3.63) is 54.6 Å². The first kappa shape index (κ1) is 12.4. The number of anilines is 1. The van der Waals surface area contributed by atoms with Crippen LogP contribution in [0, 0.1) is 12.8 Å². The molecule has 4 heteroatoms. The second kappa shape index (κ2) is 4.88. The summed E-state index contributed by atoms with van der Waals surface area (Å²) >= 11 is 0. The van der Waals surface area contributed by atoms with Crippen LogP contribution in [0.25, 0.3) is 10.9 Å². The molecule has 0 atom stereocenters. The van der Waals surface area contributed by atoms with Crippen molar-refractivity contribution in [2.45, 2.75) is 13.5 Å². The van der Waals surface area contributed by atoms with Crippen molar-refractivity contribution in [1.29, 1.82) is 0 Å². The van der Waals surface area contributed by atoms with Gasteiger partial charge in [-0.05, 0) is 25.1 Å². The summed E-state index contributed by atoms with van der Waals surface area (Å²) in [5.74, 6) is 2.87. The van der Waals surface area contributed by atoms with Gasteiger partial charge in [-0.1, -0.05) is 18.2 Å². The zero-order valence-electron chi connectivity index (χ0n) is 12.1. The van der Waals surface area contributed by atoms with Gasteiger partial charge >= 0.3 is 0 Å². The van der Waals surface area contributed by atoms with Gasteiger partial charge in [0.15, 0.2) is 0 Å². The maximum atomic E-state index is 4.75. The van der Waals surface area contributed by atoms with Crippen molar-refractivity contribution in [3.63, 3.8) is 0 Å². The van der Waals surface area contributed by atoms with E-state index in [1.807, 2.05) is 12.3 Å². The Morgan fingerprint density at radius 1 is 1.14 bits per heavy atom. The van der Waals surface area contributed by atoms with E-state index in [9.17, 15) is 0 Å². The molecule has 4 rings (SSSR count). The van der Waals surface area contributed by atoms with Gasteiger partial charge in [0, 0.05) is 43.3 Å². The lowest BCUT2D eigenvalue weighted by Crippen LogP contribution is -2.49. The Labute approximate surface area is 124 Å². The number of hydrogen-bond acceptors (Lipinski definition) is 3. The van der Waals surface area contributed by atoms with Crippen molar-refractivity contribution < 1.29 is 0 Å². The highest BCUT2D eigenvalue weighted by Crippen LogP contribution is 2.26. The first-order valence-electron chi connectivity index (χ1n) is 7.38. The van der Waals surface area contributed by atoms with Crippen LogP contribution in [0.4, 0.5) is 5.82 Å². The third-order valence-corrected chi connectivity index (χ3v) is 4.24. The van der Waals surface area contributed by atoms with E-state index < -0.39 is 0 Å². The minimum atomic E-state index is 0.686. The second-order valence-corrected chi connectivity index (χ2v) is 5.76. The highest BCUT2D eigenvalue weighted by Gasteiger charge is 2.28. The molecular weight excluding hydrogens is 260 g/mol. The van der Waals surface area contributed by atoms with E-state index in [0.717, 1.165) is 36.8 Å². The molecule has 0 amide bonds. The quantitative estimate of drug-likeness (QED) is 0.738. The summed E-state index contributed by atoms with van der Waals surface area (Å²) in [6.45, 7) is 5.25. The lowest BCUT2D eigenvalue weighted by molar-refractivity contribution is 0.352. The molecule has 2 aromatic heterocycles. The number of imidazole rings is 1. The molecule has 1 aromatic carbocycles. The molecular formula is C17H18N4. The van der Waals surface area contributed by atoms with Crippen LogP contribution in [-0.4, -0.2) is 27.6 Å². The Balaban J connectivity index is 1.45. The molecule has 0 N–H and O–H groups in total. The number of nitrogens with zero attached hydrogens (tertiary/aromatic N) is 4. The minimum absolute atomic E-state index is 0.686. The molecule has 0 saturated carbocycles. The Kier molecular flexibility index (Phi) is 2.88. The molecule has 1 aliphatic heterocycles. The van der Waals surface area contributed by atoms with Gasteiger partial charge in [0.2, 0.25) is 0 Å². The Bertz CT molecular complexity index is 771. The number of benzene rings is 1. The zero-order chi connectivity index (χ0) is 14.2. The van der Waals surface area contributed by atoms with Gasteiger partial charge in [-0.15, -0.1) is 0 Å². The number of fused-ring (bicyclic) bond motifs is 1. The first-order chi connectivity index (χ1) is 10.3. The van der Waals surface area contributed by atoms with E-state index in [-0.39, 0.29) is 0 Å². The average molecular weight is 278 g/mol. The summed E-state index contributed by atoms with van der Waals surface area (Å²) in [5.41, 5.74) is 1.07. The molecule has 0 unspecified atom stereocenters. The van der Waals surface area contributed by atoms with Crippen LogP contribution >= 0.6 is 0 Å². The van der Waals surface area contributed by atoms with Gasteiger partial charge in [0.05, 0.1) is 5.52 Å². The van der Waals surface area contributed by atoms with E-state index in [1.54, 1.807) is 0 Å². The molecule has 1 saturated heterocycles. The fourth-order valence-electron chi connectivity index (χ4n) is 2.98. The fraction of sp³-hybridized carbons (Fsp3) is 0.294. The highest BCUT2D eigenvalue weighted by molar-refractivity contribution is 5.80. The van der Waals surface area contributed by atoms with Crippen LogP contribution in [0.5, 0.6) is 0 Å². The highest BCUT2D eigenvalue weighted by atomic mass is 15.2. The summed E-state index contributed by atoms with van der Waals surface area (Å²) in [6.07, 6.45) is 3.93. The lowest BCUT2D eigenvalue weighted by Gasteiger charge is -2.40. The lowest BCUT2D eigenvalue weighted by atomic mass is 10.00. The smallest absolute Gasteiger partial charge is 0.129 e. The molecule has 21 heavy (non-hydrogen) atoms. The third-order valence-electron chi connectivity index (χ3n) is 4.24. The van der Waals surface area contributed by atoms with Crippen molar-refractivity contribution >= 4 is 16.7 Å². The van der Waals surface area contributed by atoms with Gasteiger partial charge < -0.3 is 9.47 Å². The SMILES string of the molecule is Cc1nccn1CC1CN(c2ccc3ccccc3n2)C1. The summed E-state index contributed by atoms with van der Waals surface area (Å²) in [6, 6.07) is 12.6. The van der Waals surface area contributed by atoms with Gasteiger partial charge in [0.1, 0.15) is 11.6 Å². The second-order valence-electron chi connectivity index (χ2n) is 5.76. The van der Waals surface area contributed by atoms with E-state index in [0.29, 0.717) is 5.92 Å². The predicted molar refractivity (Wildman–Crippen MR) is 84.4 cm³/mol. The number of pyridine rings is 1. The fourth-order valence-corrected chi connectivity index (χ4v) is 2.98. The molecule has 0 radical (unpaired) electrons. The molecule has 3 heterocycles. The van der Waals surface area contributed by atoms with Crippen LogP contribution in [0.15, 0.2) is 48.8 Å². The van der Waals surface area contributed by atoms with E-state index in [1.165, 1.54) is 5.39 Å². The predicted octanol–water partition coefficient (Wildman–Crippen LogP) is 2.88. The van der Waals surface area contributed by atoms with Gasteiger partial charge in [-0.2, -0.15) is 0 Å². The summed E-state index contributed by atoms with van der Waals surface area (Å²) in [7, 11) is 0. The number of rotatable bonds is 3.